The molecule has 1 aliphatic heterocycles. The van der Waals surface area contributed by atoms with Crippen molar-refractivity contribution in [2.45, 2.75) is 49.8 Å². The molecule has 0 amide bonds. The number of carbonyl (C=O) groups is 1. The van der Waals surface area contributed by atoms with Gasteiger partial charge < -0.3 is 14.7 Å². The van der Waals surface area contributed by atoms with Gasteiger partial charge in [-0.2, -0.15) is 0 Å². The number of aliphatic carboxylic acids is 1. The highest BCUT2D eigenvalue weighted by molar-refractivity contribution is 7.99. The first-order chi connectivity index (χ1) is 17.6. The van der Waals surface area contributed by atoms with Crippen molar-refractivity contribution in [3.8, 4) is 5.75 Å². The van der Waals surface area contributed by atoms with Crippen LogP contribution in [-0.2, 0) is 11.2 Å². The maximum atomic E-state index is 11.3. The van der Waals surface area contributed by atoms with E-state index < -0.39 is 5.97 Å². The van der Waals surface area contributed by atoms with Crippen LogP contribution in [0.5, 0.6) is 5.75 Å². The topological polar surface area (TPSA) is 75.5 Å². The number of pyridine rings is 2. The summed E-state index contributed by atoms with van der Waals surface area (Å²) in [5.41, 5.74) is 2.31. The van der Waals surface area contributed by atoms with Crippen LogP contribution >= 0.6 is 11.8 Å². The maximum absolute atomic E-state index is 11.3. The fourth-order valence-corrected chi connectivity index (χ4v) is 6.19. The zero-order valence-electron chi connectivity index (χ0n) is 21.1. The second-order valence-corrected chi connectivity index (χ2v) is 10.8. The Bertz CT molecular complexity index is 1110. The van der Waals surface area contributed by atoms with E-state index in [-0.39, 0.29) is 6.42 Å². The molecule has 1 aromatic carbocycles. The molecule has 3 heterocycles. The minimum Gasteiger partial charge on any atom is -0.497 e. The third-order valence-electron chi connectivity index (χ3n) is 7.30. The molecule has 1 N–H and O–H groups in total. The molecule has 1 saturated heterocycles. The van der Waals surface area contributed by atoms with Gasteiger partial charge in [0.2, 0.25) is 0 Å². The van der Waals surface area contributed by atoms with Gasteiger partial charge in [0.15, 0.2) is 0 Å². The summed E-state index contributed by atoms with van der Waals surface area (Å²) in [5, 5.41) is 10.5. The molecule has 1 fully saturated rings. The molecule has 0 aliphatic carbocycles. The Labute approximate surface area is 218 Å². The lowest BCUT2D eigenvalue weighted by atomic mass is 9.79. The van der Waals surface area contributed by atoms with Crippen LogP contribution in [0.2, 0.25) is 0 Å². The van der Waals surface area contributed by atoms with Crippen LogP contribution in [-0.4, -0.2) is 58.4 Å². The van der Waals surface area contributed by atoms with Crippen LogP contribution in [0.15, 0.2) is 59.9 Å². The fraction of sp³-hybridized carbons (Fsp3) is 0.483. The molecule has 7 heteroatoms. The molecule has 2 atom stereocenters. The molecule has 6 nitrogen and oxygen atoms in total. The van der Waals surface area contributed by atoms with Gasteiger partial charge in [-0.1, -0.05) is 0 Å². The number of carboxylic acids is 1. The summed E-state index contributed by atoms with van der Waals surface area (Å²) in [6, 6.07) is 12.3. The van der Waals surface area contributed by atoms with Crippen LogP contribution in [0.4, 0.5) is 0 Å². The number of nitrogens with zero attached hydrogens (tertiary/aromatic N) is 3. The van der Waals surface area contributed by atoms with Crippen molar-refractivity contribution in [3.05, 3.63) is 60.6 Å². The van der Waals surface area contributed by atoms with E-state index in [9.17, 15) is 9.90 Å². The summed E-state index contributed by atoms with van der Waals surface area (Å²) in [6.07, 6.45) is 12.2. The van der Waals surface area contributed by atoms with Crippen molar-refractivity contribution >= 4 is 28.6 Å². The number of aromatic nitrogens is 2. The average molecular weight is 508 g/mol. The predicted molar refractivity (Wildman–Crippen MR) is 146 cm³/mol. The Balaban J connectivity index is 1.28. The van der Waals surface area contributed by atoms with E-state index in [1.807, 2.05) is 42.5 Å². The number of rotatable bonds is 13. The van der Waals surface area contributed by atoms with Crippen LogP contribution in [0.25, 0.3) is 10.9 Å². The zero-order valence-corrected chi connectivity index (χ0v) is 22.0. The molecule has 4 rings (SSSR count). The fourth-order valence-electron chi connectivity index (χ4n) is 5.37. The lowest BCUT2D eigenvalue weighted by Crippen LogP contribution is -2.41. The van der Waals surface area contributed by atoms with Crippen LogP contribution in [0.1, 0.15) is 44.1 Å². The summed E-state index contributed by atoms with van der Waals surface area (Å²) >= 11 is 1.88. The number of likely N-dealkylation sites (tertiary alicyclic amines) is 1. The first-order valence-corrected chi connectivity index (χ1v) is 14.0. The number of thioether (sulfide) groups is 1. The van der Waals surface area contributed by atoms with Crippen LogP contribution in [0.3, 0.4) is 0 Å². The van der Waals surface area contributed by atoms with Crippen molar-refractivity contribution < 1.29 is 14.6 Å². The zero-order chi connectivity index (χ0) is 25.2. The van der Waals surface area contributed by atoms with E-state index in [2.05, 4.69) is 39.1 Å². The molecule has 0 radical (unpaired) electrons. The van der Waals surface area contributed by atoms with E-state index in [0.717, 1.165) is 75.2 Å². The molecule has 192 valence electrons. The first-order valence-electron chi connectivity index (χ1n) is 13.0. The molecule has 0 spiro atoms. The van der Waals surface area contributed by atoms with Gasteiger partial charge in [-0.25, -0.2) is 0 Å². The number of fused-ring (bicyclic) bond motifs is 1. The van der Waals surface area contributed by atoms with E-state index >= 15 is 0 Å². The Kier molecular flexibility index (Phi) is 9.99. The lowest BCUT2D eigenvalue weighted by Gasteiger charge is -2.39. The monoisotopic (exact) mass is 507 g/mol. The Morgan fingerprint density at radius 3 is 2.78 bits per heavy atom. The minimum absolute atomic E-state index is 0.266. The Morgan fingerprint density at radius 1 is 1.11 bits per heavy atom. The Hall–Kier alpha value is -2.64. The van der Waals surface area contributed by atoms with E-state index in [1.54, 1.807) is 7.11 Å². The normalized spacial score (nSPS) is 18.4. The number of ether oxygens (including phenoxy) is 1. The summed E-state index contributed by atoms with van der Waals surface area (Å²) in [5.74, 6) is 2.31. The van der Waals surface area contributed by atoms with Crippen molar-refractivity contribution in [3.63, 3.8) is 0 Å². The number of hydrogen-bond acceptors (Lipinski definition) is 6. The van der Waals surface area contributed by atoms with E-state index in [0.29, 0.717) is 11.8 Å². The van der Waals surface area contributed by atoms with Gasteiger partial charge in [0.25, 0.3) is 0 Å². The van der Waals surface area contributed by atoms with Gasteiger partial charge in [-0.3, -0.25) is 14.8 Å². The predicted octanol–water partition coefficient (Wildman–Crippen LogP) is 5.95. The standard InChI is InChI=1S/C29H37N3O3S/c1-35-25-7-8-28-27(20-25)23(10-16-31-28)5-2-4-22-13-18-32(21-24(22)6-9-29(33)34)17-3-19-36-26-11-14-30-15-12-26/h7-8,10-12,14-16,20,22,24H,2-6,9,13,17-19,21H2,1H3,(H,33,34). The highest BCUT2D eigenvalue weighted by Gasteiger charge is 2.29. The quantitative estimate of drug-likeness (QED) is 0.226. The first kappa shape index (κ1) is 26.4. The number of hydrogen-bond donors (Lipinski definition) is 1. The van der Waals surface area contributed by atoms with Crippen LogP contribution in [0, 0.1) is 11.8 Å². The van der Waals surface area contributed by atoms with Crippen LogP contribution < -0.4 is 4.74 Å². The number of aryl methyl sites for hydroxylation is 1. The molecule has 0 saturated carbocycles. The van der Waals surface area contributed by atoms with Crippen molar-refractivity contribution in [2.75, 3.05) is 32.5 Å². The number of methoxy groups -OCH3 is 1. The molecule has 3 aromatic rings. The number of carboxylic acid groups (broad SMARTS) is 1. The van der Waals surface area contributed by atoms with Crippen molar-refractivity contribution in [1.82, 2.24) is 14.9 Å². The molecule has 36 heavy (non-hydrogen) atoms. The lowest BCUT2D eigenvalue weighted by molar-refractivity contribution is -0.137. The number of piperidine rings is 1. The van der Waals surface area contributed by atoms with Gasteiger partial charge in [0.05, 0.1) is 12.6 Å². The molecular weight excluding hydrogens is 470 g/mol. The van der Waals surface area contributed by atoms with Crippen molar-refractivity contribution in [2.24, 2.45) is 11.8 Å². The SMILES string of the molecule is COc1ccc2nccc(CCCC3CCN(CCCSc4ccncc4)CC3CCC(=O)O)c2c1. The second kappa shape index (κ2) is 13.6. The highest BCUT2D eigenvalue weighted by Crippen LogP contribution is 2.32. The highest BCUT2D eigenvalue weighted by atomic mass is 32.2. The van der Waals surface area contributed by atoms with Crippen molar-refractivity contribution in [1.29, 1.82) is 0 Å². The molecule has 0 bridgehead atoms. The van der Waals surface area contributed by atoms with Gasteiger partial charge in [-0.15, -0.1) is 11.8 Å². The van der Waals surface area contributed by atoms with Gasteiger partial charge in [-0.05, 0) is 111 Å². The molecule has 1 aliphatic rings. The molecule has 2 aromatic heterocycles. The van der Waals surface area contributed by atoms with Gasteiger partial charge in [0.1, 0.15) is 5.75 Å². The van der Waals surface area contributed by atoms with Gasteiger partial charge in [0, 0.05) is 41.8 Å². The maximum Gasteiger partial charge on any atom is 0.303 e. The second-order valence-electron chi connectivity index (χ2n) is 9.67. The smallest absolute Gasteiger partial charge is 0.303 e. The minimum atomic E-state index is -0.683. The third-order valence-corrected chi connectivity index (χ3v) is 8.40. The number of benzene rings is 1. The van der Waals surface area contributed by atoms with Gasteiger partial charge >= 0.3 is 5.97 Å². The molecular formula is C29H37N3O3S. The Morgan fingerprint density at radius 2 is 1.97 bits per heavy atom. The summed E-state index contributed by atoms with van der Waals surface area (Å²) in [6.45, 7) is 3.22. The average Bonchev–Trinajstić information content (AvgIpc) is 2.91. The summed E-state index contributed by atoms with van der Waals surface area (Å²) < 4.78 is 5.42. The largest absolute Gasteiger partial charge is 0.497 e. The molecule has 2 unspecified atom stereocenters. The summed E-state index contributed by atoms with van der Waals surface area (Å²) in [4.78, 5) is 23.7. The van der Waals surface area contributed by atoms with E-state index in [4.69, 9.17) is 4.74 Å². The summed E-state index contributed by atoms with van der Waals surface area (Å²) in [7, 11) is 1.70. The van der Waals surface area contributed by atoms with E-state index in [1.165, 1.54) is 15.8 Å². The third kappa shape index (κ3) is 7.68.